The van der Waals surface area contributed by atoms with Crippen LogP contribution in [0.2, 0.25) is 0 Å². The van der Waals surface area contributed by atoms with Gasteiger partial charge in [0, 0.05) is 26.2 Å². The molecule has 1 aliphatic rings. The van der Waals surface area contributed by atoms with E-state index in [-0.39, 0.29) is 30.1 Å². The number of unbranched alkanes of at least 4 members (excludes halogenated alkanes) is 11. The fourth-order valence-corrected chi connectivity index (χ4v) is 5.12. The Balaban J connectivity index is 1.75. The van der Waals surface area contributed by atoms with Crippen LogP contribution in [0.25, 0.3) is 0 Å². The van der Waals surface area contributed by atoms with Crippen molar-refractivity contribution < 1.29 is 27.9 Å². The molecule has 1 aliphatic heterocycles. The molecular formula is C29H46F3N3O3. The van der Waals surface area contributed by atoms with Gasteiger partial charge < -0.3 is 10.4 Å². The Kier molecular flexibility index (Phi) is 14.1. The summed E-state index contributed by atoms with van der Waals surface area (Å²) < 4.78 is 42.3. The highest BCUT2D eigenvalue weighted by atomic mass is 19.4. The van der Waals surface area contributed by atoms with Gasteiger partial charge in [-0.05, 0) is 31.2 Å². The molecule has 0 radical (unpaired) electrons. The summed E-state index contributed by atoms with van der Waals surface area (Å²) in [5.74, 6) is -1.44. The van der Waals surface area contributed by atoms with E-state index in [1.54, 1.807) is 11.9 Å². The summed E-state index contributed by atoms with van der Waals surface area (Å²) in [6.07, 6.45) is 10.2. The standard InChI is InChI=1S/C29H46F3N3O3/c1-3-4-5-6-7-8-9-10-11-12-13-14-19-33-27(36)25-22-35(21-20-34(25)2)26(29(30,31)32)23-15-17-24(18-16-23)28(37)38/h15-18,25-26H,3-14,19-22H2,1-2H3,(H,33,36)(H,37,38)/t25-,26?/m1/s1. The molecule has 1 amide bonds. The number of benzene rings is 1. The lowest BCUT2D eigenvalue weighted by molar-refractivity contribution is -0.193. The minimum Gasteiger partial charge on any atom is -0.478 e. The van der Waals surface area contributed by atoms with Crippen LogP contribution in [0, 0.1) is 0 Å². The van der Waals surface area contributed by atoms with E-state index in [1.165, 1.54) is 87.0 Å². The molecule has 1 saturated heterocycles. The predicted molar refractivity (Wildman–Crippen MR) is 144 cm³/mol. The highest BCUT2D eigenvalue weighted by molar-refractivity contribution is 5.87. The Labute approximate surface area is 226 Å². The average molecular weight is 542 g/mol. The number of hydrogen-bond donors (Lipinski definition) is 2. The van der Waals surface area contributed by atoms with Crippen LogP contribution < -0.4 is 5.32 Å². The van der Waals surface area contributed by atoms with Crippen LogP contribution >= 0.6 is 0 Å². The van der Waals surface area contributed by atoms with Crippen molar-refractivity contribution in [1.82, 2.24) is 15.1 Å². The smallest absolute Gasteiger partial charge is 0.408 e. The number of nitrogens with zero attached hydrogens (tertiary/aromatic N) is 2. The maximum Gasteiger partial charge on any atom is 0.408 e. The molecule has 9 heteroatoms. The molecule has 1 heterocycles. The van der Waals surface area contributed by atoms with Crippen molar-refractivity contribution in [2.45, 2.75) is 102 Å². The minimum absolute atomic E-state index is 0.0253. The number of aromatic carboxylic acids is 1. The maximum atomic E-state index is 14.1. The van der Waals surface area contributed by atoms with Crippen molar-refractivity contribution in [1.29, 1.82) is 0 Å². The maximum absolute atomic E-state index is 14.1. The molecule has 2 atom stereocenters. The molecule has 6 nitrogen and oxygen atoms in total. The molecular weight excluding hydrogens is 495 g/mol. The number of nitrogens with one attached hydrogen (secondary N) is 1. The van der Waals surface area contributed by atoms with Gasteiger partial charge in [0.05, 0.1) is 5.56 Å². The minimum atomic E-state index is -4.56. The van der Waals surface area contributed by atoms with Crippen molar-refractivity contribution >= 4 is 11.9 Å². The zero-order chi connectivity index (χ0) is 28.0. The van der Waals surface area contributed by atoms with Gasteiger partial charge in [-0.3, -0.25) is 14.6 Å². The third-order valence-electron chi connectivity index (χ3n) is 7.46. The first kappa shape index (κ1) is 32.1. The number of halogens is 3. The number of piperazine rings is 1. The van der Waals surface area contributed by atoms with Gasteiger partial charge in [-0.15, -0.1) is 0 Å². The molecule has 1 fully saturated rings. The number of carbonyl (C=O) groups is 2. The zero-order valence-electron chi connectivity index (χ0n) is 23.1. The van der Waals surface area contributed by atoms with Crippen LogP contribution in [0.4, 0.5) is 13.2 Å². The summed E-state index contributed by atoms with van der Waals surface area (Å²) in [7, 11) is 1.76. The van der Waals surface area contributed by atoms with Crippen molar-refractivity contribution in [2.75, 3.05) is 33.2 Å². The summed E-state index contributed by atoms with van der Waals surface area (Å²) in [6.45, 7) is 3.20. The van der Waals surface area contributed by atoms with Crippen LogP contribution in [0.1, 0.15) is 106 Å². The zero-order valence-corrected chi connectivity index (χ0v) is 23.1. The molecule has 2 N–H and O–H groups in total. The average Bonchev–Trinajstić information content (AvgIpc) is 2.87. The second kappa shape index (κ2) is 16.7. The monoisotopic (exact) mass is 541 g/mol. The number of carboxylic acids is 1. The lowest BCUT2D eigenvalue weighted by atomic mass is 10.0. The van der Waals surface area contributed by atoms with Gasteiger partial charge >= 0.3 is 12.1 Å². The van der Waals surface area contributed by atoms with Gasteiger partial charge in [-0.25, -0.2) is 4.79 Å². The largest absolute Gasteiger partial charge is 0.478 e. The van der Waals surface area contributed by atoms with Gasteiger partial charge in [0.15, 0.2) is 0 Å². The Bertz CT molecular complexity index is 833. The summed E-state index contributed by atoms with van der Waals surface area (Å²) in [6, 6.07) is 2.22. The number of amides is 1. The van der Waals surface area contributed by atoms with Crippen LogP contribution in [0.3, 0.4) is 0 Å². The molecule has 1 aromatic rings. The molecule has 216 valence electrons. The Morgan fingerprint density at radius 3 is 1.95 bits per heavy atom. The second-order valence-corrected chi connectivity index (χ2v) is 10.5. The number of carboxylic acid groups (broad SMARTS) is 1. The van der Waals surface area contributed by atoms with E-state index in [9.17, 15) is 22.8 Å². The third-order valence-corrected chi connectivity index (χ3v) is 7.46. The summed E-state index contributed by atoms with van der Waals surface area (Å²) >= 11 is 0. The van der Waals surface area contributed by atoms with Gasteiger partial charge in [-0.2, -0.15) is 13.2 Å². The highest BCUT2D eigenvalue weighted by Crippen LogP contribution is 2.38. The molecule has 38 heavy (non-hydrogen) atoms. The summed E-state index contributed by atoms with van der Waals surface area (Å²) in [5, 5.41) is 12.0. The topological polar surface area (TPSA) is 72.9 Å². The Hall–Kier alpha value is -2.13. The van der Waals surface area contributed by atoms with Gasteiger partial charge in [0.1, 0.15) is 12.1 Å². The van der Waals surface area contributed by atoms with Crippen molar-refractivity contribution in [3.8, 4) is 0 Å². The fourth-order valence-electron chi connectivity index (χ4n) is 5.12. The first-order valence-electron chi connectivity index (χ1n) is 14.3. The summed E-state index contributed by atoms with van der Waals surface area (Å²) in [4.78, 5) is 27.0. The second-order valence-electron chi connectivity index (χ2n) is 10.5. The highest BCUT2D eigenvalue weighted by Gasteiger charge is 2.47. The lowest BCUT2D eigenvalue weighted by Crippen LogP contribution is -2.59. The molecule has 0 bridgehead atoms. The number of alkyl halides is 3. The predicted octanol–water partition coefficient (Wildman–Crippen LogP) is 6.42. The van der Waals surface area contributed by atoms with Crippen LogP contribution in [0.5, 0.6) is 0 Å². The normalized spacial score (nSPS) is 17.9. The van der Waals surface area contributed by atoms with Crippen molar-refractivity contribution in [3.63, 3.8) is 0 Å². The molecule has 0 aromatic heterocycles. The number of likely N-dealkylation sites (N-methyl/N-ethyl adjacent to an activating group) is 1. The molecule has 0 saturated carbocycles. The number of carbonyl (C=O) groups excluding carboxylic acids is 1. The SMILES string of the molecule is CCCCCCCCCCCCCCNC(=O)[C@H]1CN(C(c2ccc(C(=O)O)cc2)C(F)(F)F)CCN1C. The third kappa shape index (κ3) is 10.9. The van der Waals surface area contributed by atoms with E-state index < -0.39 is 24.2 Å². The van der Waals surface area contributed by atoms with Crippen molar-refractivity contribution in [3.05, 3.63) is 35.4 Å². The van der Waals surface area contributed by atoms with Gasteiger partial charge in [-0.1, -0.05) is 89.7 Å². The summed E-state index contributed by atoms with van der Waals surface area (Å²) in [5.41, 5.74) is -0.0918. The van der Waals surface area contributed by atoms with Gasteiger partial charge in [0.2, 0.25) is 5.91 Å². The van der Waals surface area contributed by atoms with Crippen LogP contribution in [-0.2, 0) is 4.79 Å². The van der Waals surface area contributed by atoms with E-state index in [0.717, 1.165) is 19.3 Å². The Morgan fingerprint density at radius 2 is 1.45 bits per heavy atom. The van der Waals surface area contributed by atoms with E-state index in [0.29, 0.717) is 13.1 Å². The first-order valence-corrected chi connectivity index (χ1v) is 14.3. The fraction of sp³-hybridized carbons (Fsp3) is 0.724. The molecule has 1 unspecified atom stereocenters. The lowest BCUT2D eigenvalue weighted by Gasteiger charge is -2.42. The molecule has 2 rings (SSSR count). The van der Waals surface area contributed by atoms with Crippen molar-refractivity contribution in [2.24, 2.45) is 0 Å². The van der Waals surface area contributed by atoms with E-state index in [2.05, 4.69) is 12.2 Å². The molecule has 1 aromatic carbocycles. The van der Waals surface area contributed by atoms with E-state index in [4.69, 9.17) is 5.11 Å². The molecule has 0 aliphatic carbocycles. The quantitative estimate of drug-likeness (QED) is 0.223. The van der Waals surface area contributed by atoms with Crippen LogP contribution in [0.15, 0.2) is 24.3 Å². The van der Waals surface area contributed by atoms with Crippen LogP contribution in [-0.4, -0.2) is 72.2 Å². The number of hydrogen-bond acceptors (Lipinski definition) is 4. The number of rotatable bonds is 17. The van der Waals surface area contributed by atoms with E-state index >= 15 is 0 Å². The first-order chi connectivity index (χ1) is 18.1. The molecule has 0 spiro atoms. The Morgan fingerprint density at radius 1 is 0.921 bits per heavy atom. The van der Waals surface area contributed by atoms with E-state index in [1.807, 2.05) is 0 Å². The van der Waals surface area contributed by atoms with Gasteiger partial charge in [0.25, 0.3) is 0 Å².